The summed E-state index contributed by atoms with van der Waals surface area (Å²) in [7, 11) is 0. The molecule has 5 nitrogen and oxygen atoms in total. The van der Waals surface area contributed by atoms with Crippen LogP contribution in [0.1, 0.15) is 34.6 Å². The Labute approximate surface area is 159 Å². The second-order valence-electron chi connectivity index (χ2n) is 7.54. The molecule has 9 heteroatoms. The molecule has 2 atom stereocenters. The molecule has 1 fully saturated rings. The van der Waals surface area contributed by atoms with Crippen LogP contribution in [0.3, 0.4) is 0 Å². The summed E-state index contributed by atoms with van der Waals surface area (Å²) in [5.41, 5.74) is 2.31. The third-order valence-electron chi connectivity index (χ3n) is 5.88. The van der Waals surface area contributed by atoms with Crippen LogP contribution in [0.5, 0.6) is 0 Å². The van der Waals surface area contributed by atoms with E-state index in [1.807, 2.05) is 0 Å². The van der Waals surface area contributed by atoms with Gasteiger partial charge in [0.1, 0.15) is 12.1 Å². The van der Waals surface area contributed by atoms with Gasteiger partial charge in [-0.05, 0) is 24.8 Å². The van der Waals surface area contributed by atoms with Crippen molar-refractivity contribution in [1.29, 1.82) is 0 Å². The van der Waals surface area contributed by atoms with Crippen molar-refractivity contribution in [3.63, 3.8) is 0 Å². The van der Waals surface area contributed by atoms with Gasteiger partial charge in [0.25, 0.3) is 5.91 Å². The van der Waals surface area contributed by atoms with E-state index < -0.39 is 18.3 Å². The van der Waals surface area contributed by atoms with E-state index in [4.69, 9.17) is 0 Å². The van der Waals surface area contributed by atoms with E-state index >= 15 is 0 Å². The first-order chi connectivity index (χ1) is 13.4. The third-order valence-corrected chi connectivity index (χ3v) is 5.88. The first-order valence-corrected chi connectivity index (χ1v) is 9.51. The first-order valence-electron chi connectivity index (χ1n) is 9.51. The lowest BCUT2D eigenvalue weighted by molar-refractivity contribution is -0.177. The van der Waals surface area contributed by atoms with Gasteiger partial charge in [-0.25, -0.2) is 4.39 Å². The Kier molecular flexibility index (Phi) is 5.03. The lowest BCUT2D eigenvalue weighted by Gasteiger charge is -2.37. The molecule has 3 heterocycles. The van der Waals surface area contributed by atoms with Crippen LogP contribution < -0.4 is 5.32 Å². The number of hydrogen-bond donors (Lipinski definition) is 2. The van der Waals surface area contributed by atoms with Gasteiger partial charge in [0.05, 0.1) is 0 Å². The van der Waals surface area contributed by atoms with Crippen LogP contribution in [0.4, 0.5) is 17.6 Å². The smallest absolute Gasteiger partial charge is 0.337 e. The topological polar surface area (TPSA) is 61.0 Å². The number of halogens is 4. The van der Waals surface area contributed by atoms with E-state index in [-0.39, 0.29) is 17.4 Å². The number of allylic oxidation sites excluding steroid dienone is 4. The SMILES string of the molecule is O=C(c1n[nH]c2c1CNCC2)N1CCC(C2=CC=CC(F)C2C(F)(F)F)CC1. The van der Waals surface area contributed by atoms with E-state index in [1.165, 1.54) is 12.2 Å². The Balaban J connectivity index is 1.45. The molecule has 2 aliphatic heterocycles. The number of rotatable bonds is 2. The van der Waals surface area contributed by atoms with E-state index in [2.05, 4.69) is 15.5 Å². The Hall–Kier alpha value is -2.16. The average molecular weight is 398 g/mol. The normalized spacial score (nSPS) is 26.1. The maximum absolute atomic E-state index is 14.0. The van der Waals surface area contributed by atoms with Crippen molar-refractivity contribution in [2.75, 3.05) is 19.6 Å². The molecule has 3 aliphatic rings. The minimum Gasteiger partial charge on any atom is -0.337 e. The zero-order valence-electron chi connectivity index (χ0n) is 15.2. The summed E-state index contributed by atoms with van der Waals surface area (Å²) in [6.45, 7) is 2.07. The lowest BCUT2D eigenvalue weighted by Crippen LogP contribution is -2.42. The molecule has 1 amide bonds. The third kappa shape index (κ3) is 3.47. The fraction of sp³-hybridized carbons (Fsp3) is 0.579. The van der Waals surface area contributed by atoms with Gasteiger partial charge in [0.2, 0.25) is 0 Å². The van der Waals surface area contributed by atoms with Crippen molar-refractivity contribution >= 4 is 5.91 Å². The van der Waals surface area contributed by atoms with Crippen molar-refractivity contribution in [2.24, 2.45) is 11.8 Å². The number of amides is 1. The minimum atomic E-state index is -4.62. The van der Waals surface area contributed by atoms with Crippen LogP contribution in [-0.4, -0.2) is 53.0 Å². The van der Waals surface area contributed by atoms with Crippen molar-refractivity contribution < 1.29 is 22.4 Å². The molecular weight excluding hydrogens is 376 g/mol. The van der Waals surface area contributed by atoms with Gasteiger partial charge in [-0.1, -0.05) is 17.7 Å². The Bertz CT molecular complexity index is 805. The molecule has 2 N–H and O–H groups in total. The second kappa shape index (κ2) is 7.35. The monoisotopic (exact) mass is 398 g/mol. The van der Waals surface area contributed by atoms with Gasteiger partial charge in [-0.3, -0.25) is 9.89 Å². The Morgan fingerprint density at radius 1 is 1.25 bits per heavy atom. The molecule has 1 aromatic heterocycles. The van der Waals surface area contributed by atoms with Crippen LogP contribution in [0.15, 0.2) is 23.8 Å². The maximum atomic E-state index is 14.0. The molecule has 0 aromatic carbocycles. The van der Waals surface area contributed by atoms with Gasteiger partial charge in [0.15, 0.2) is 5.69 Å². The summed E-state index contributed by atoms with van der Waals surface area (Å²) in [5, 5.41) is 10.3. The van der Waals surface area contributed by atoms with Gasteiger partial charge >= 0.3 is 6.18 Å². The second-order valence-corrected chi connectivity index (χ2v) is 7.54. The van der Waals surface area contributed by atoms with Crippen molar-refractivity contribution in [1.82, 2.24) is 20.4 Å². The number of hydrogen-bond acceptors (Lipinski definition) is 3. The quantitative estimate of drug-likeness (QED) is 0.754. The molecule has 1 saturated heterocycles. The molecule has 0 spiro atoms. The highest BCUT2D eigenvalue weighted by atomic mass is 19.4. The standard InChI is InChI=1S/C19H22F4N4O/c20-14-3-1-2-12(16(14)19(21,22)23)11-5-8-27(9-6-11)18(28)17-13-10-24-7-4-15(13)25-26-17/h1-3,11,14,16,24H,4-10H2,(H,25,26). The summed E-state index contributed by atoms with van der Waals surface area (Å²) in [4.78, 5) is 14.5. The van der Waals surface area contributed by atoms with Crippen LogP contribution in [0.25, 0.3) is 0 Å². The number of nitrogens with one attached hydrogen (secondary N) is 2. The van der Waals surface area contributed by atoms with Gasteiger partial charge in [-0.2, -0.15) is 18.3 Å². The fourth-order valence-electron chi connectivity index (χ4n) is 4.40. The molecule has 1 aliphatic carbocycles. The number of alkyl halides is 4. The first kappa shape index (κ1) is 19.2. The number of aromatic amines is 1. The van der Waals surface area contributed by atoms with Gasteiger partial charge in [0, 0.05) is 43.9 Å². The summed E-state index contributed by atoms with van der Waals surface area (Å²) in [5.74, 6) is -2.67. The van der Waals surface area contributed by atoms with E-state index in [1.54, 1.807) is 4.90 Å². The number of fused-ring (bicyclic) bond motifs is 1. The van der Waals surface area contributed by atoms with Crippen LogP contribution >= 0.6 is 0 Å². The number of H-pyrrole nitrogens is 1. The number of likely N-dealkylation sites (tertiary alicyclic amines) is 1. The Morgan fingerprint density at radius 3 is 2.71 bits per heavy atom. The predicted octanol–water partition coefficient (Wildman–Crippen LogP) is 2.92. The average Bonchev–Trinajstić information content (AvgIpc) is 3.10. The zero-order valence-corrected chi connectivity index (χ0v) is 15.2. The largest absolute Gasteiger partial charge is 0.398 e. The van der Waals surface area contributed by atoms with Crippen LogP contribution in [0, 0.1) is 11.8 Å². The Morgan fingerprint density at radius 2 is 2.00 bits per heavy atom. The maximum Gasteiger partial charge on any atom is 0.398 e. The number of piperidine rings is 1. The van der Waals surface area contributed by atoms with Crippen LogP contribution in [0.2, 0.25) is 0 Å². The molecular formula is C19H22F4N4O. The number of carbonyl (C=O) groups excluding carboxylic acids is 1. The van der Waals surface area contributed by atoms with Crippen molar-refractivity contribution in [2.45, 2.75) is 38.2 Å². The number of carbonyl (C=O) groups is 1. The zero-order chi connectivity index (χ0) is 19.9. The minimum absolute atomic E-state index is 0.0935. The van der Waals surface area contributed by atoms with E-state index in [9.17, 15) is 22.4 Å². The molecule has 28 heavy (non-hydrogen) atoms. The number of aromatic nitrogens is 2. The summed E-state index contributed by atoms with van der Waals surface area (Å²) < 4.78 is 54.0. The number of nitrogens with zero attached hydrogens (tertiary/aromatic N) is 2. The summed E-state index contributed by atoms with van der Waals surface area (Å²) >= 11 is 0. The van der Waals surface area contributed by atoms with Gasteiger partial charge in [-0.15, -0.1) is 0 Å². The van der Waals surface area contributed by atoms with Crippen molar-refractivity contribution in [3.8, 4) is 0 Å². The van der Waals surface area contributed by atoms with Crippen molar-refractivity contribution in [3.05, 3.63) is 40.8 Å². The lowest BCUT2D eigenvalue weighted by atomic mass is 9.77. The van der Waals surface area contributed by atoms with Gasteiger partial charge < -0.3 is 10.2 Å². The molecule has 152 valence electrons. The highest BCUT2D eigenvalue weighted by Gasteiger charge is 2.49. The summed E-state index contributed by atoms with van der Waals surface area (Å²) in [6, 6.07) is 0. The predicted molar refractivity (Wildman–Crippen MR) is 94.3 cm³/mol. The molecule has 0 bridgehead atoms. The molecule has 0 saturated carbocycles. The van der Waals surface area contributed by atoms with Crippen LogP contribution in [-0.2, 0) is 13.0 Å². The fourth-order valence-corrected chi connectivity index (χ4v) is 4.40. The molecule has 0 radical (unpaired) electrons. The summed E-state index contributed by atoms with van der Waals surface area (Å²) in [6.07, 6.45) is -1.41. The molecule has 1 aromatic rings. The highest BCUT2D eigenvalue weighted by molar-refractivity contribution is 5.94. The highest BCUT2D eigenvalue weighted by Crippen LogP contribution is 2.43. The van der Waals surface area contributed by atoms with E-state index in [0.29, 0.717) is 38.2 Å². The molecule has 4 rings (SSSR count). The molecule has 2 unspecified atom stereocenters. The van der Waals surface area contributed by atoms with E-state index in [0.717, 1.165) is 30.3 Å².